The Morgan fingerprint density at radius 3 is 2.50 bits per heavy atom. The molecule has 0 fully saturated rings. The number of benzene rings is 2. The van der Waals surface area contributed by atoms with E-state index < -0.39 is 0 Å². The molecule has 32 heavy (non-hydrogen) atoms. The molecule has 2 aromatic carbocycles. The Hall–Kier alpha value is -3.45. The first-order chi connectivity index (χ1) is 15.6. The van der Waals surface area contributed by atoms with Crippen LogP contribution in [0.15, 0.2) is 60.1 Å². The van der Waals surface area contributed by atoms with E-state index in [2.05, 4.69) is 36.5 Å². The zero-order chi connectivity index (χ0) is 22.5. The molecule has 164 valence electrons. The molecule has 0 aliphatic heterocycles. The summed E-state index contributed by atoms with van der Waals surface area (Å²) < 4.78 is 7.09. The van der Waals surface area contributed by atoms with Gasteiger partial charge in [-0.15, -0.1) is 11.3 Å². The lowest BCUT2D eigenvalue weighted by Gasteiger charge is -2.07. The largest absolute Gasteiger partial charge is 0.462 e. The first-order valence-corrected chi connectivity index (χ1v) is 11.6. The minimum Gasteiger partial charge on any atom is -0.462 e. The minimum absolute atomic E-state index is 0.131. The number of aryl methyl sites for hydroxylation is 1. The van der Waals surface area contributed by atoms with Crippen LogP contribution >= 0.6 is 11.3 Å². The molecule has 0 saturated heterocycles. The average Bonchev–Trinajstić information content (AvgIpc) is 3.40. The second-order valence-corrected chi connectivity index (χ2v) is 8.33. The third kappa shape index (κ3) is 4.89. The number of carbonyl (C=O) groups is 2. The third-order valence-corrected chi connectivity index (χ3v) is 6.01. The maximum Gasteiger partial charge on any atom is 0.338 e. The first kappa shape index (κ1) is 21.8. The van der Waals surface area contributed by atoms with E-state index in [1.165, 1.54) is 16.9 Å². The summed E-state index contributed by atoms with van der Waals surface area (Å²) in [5.74, 6) is -0.487. The standard InChI is InChI=1S/C25H25N3O3S/c1-3-13-31-24(30)19-9-11-20(12-10-19)26-23(29)14-21-16-32-25-27-22(15-28(21)25)18-7-5-17(4-2)6-8-18/h5-12,15-16H,3-4,13-14H2,1-2H3,(H,26,29). The quantitative estimate of drug-likeness (QED) is 0.369. The molecule has 0 bridgehead atoms. The van der Waals surface area contributed by atoms with Crippen molar-refractivity contribution >= 4 is 33.9 Å². The Bertz CT molecular complexity index is 1220. The molecule has 0 unspecified atom stereocenters. The van der Waals surface area contributed by atoms with Gasteiger partial charge in [0.05, 0.1) is 24.3 Å². The van der Waals surface area contributed by atoms with Crippen LogP contribution in [-0.4, -0.2) is 27.9 Å². The van der Waals surface area contributed by atoms with Crippen LogP contribution in [0.3, 0.4) is 0 Å². The Morgan fingerprint density at radius 1 is 1.06 bits per heavy atom. The topological polar surface area (TPSA) is 72.7 Å². The van der Waals surface area contributed by atoms with Gasteiger partial charge in [-0.25, -0.2) is 9.78 Å². The second-order valence-electron chi connectivity index (χ2n) is 7.49. The molecule has 6 nitrogen and oxygen atoms in total. The summed E-state index contributed by atoms with van der Waals surface area (Å²) in [5, 5.41) is 4.84. The fourth-order valence-corrected chi connectivity index (χ4v) is 4.22. The number of carbonyl (C=O) groups excluding carboxylic acids is 2. The Labute approximate surface area is 190 Å². The fourth-order valence-electron chi connectivity index (χ4n) is 3.34. The van der Waals surface area contributed by atoms with Crippen molar-refractivity contribution in [2.24, 2.45) is 0 Å². The molecule has 2 aromatic heterocycles. The van der Waals surface area contributed by atoms with E-state index in [1.807, 2.05) is 22.9 Å². The van der Waals surface area contributed by atoms with Gasteiger partial charge in [0, 0.05) is 28.5 Å². The highest BCUT2D eigenvalue weighted by atomic mass is 32.1. The number of amides is 1. The minimum atomic E-state index is -0.356. The van der Waals surface area contributed by atoms with E-state index in [-0.39, 0.29) is 18.3 Å². The van der Waals surface area contributed by atoms with Crippen molar-refractivity contribution in [3.8, 4) is 11.3 Å². The summed E-state index contributed by atoms with van der Waals surface area (Å²) in [4.78, 5) is 30.1. The molecule has 4 aromatic rings. The number of hydrogen-bond donors (Lipinski definition) is 1. The SMILES string of the molecule is CCCOC(=O)c1ccc(NC(=O)Cc2csc3nc(-c4ccc(CC)cc4)cn23)cc1. The summed E-state index contributed by atoms with van der Waals surface area (Å²) in [5.41, 5.74) is 5.23. The zero-order valence-electron chi connectivity index (χ0n) is 18.1. The summed E-state index contributed by atoms with van der Waals surface area (Å²) in [7, 11) is 0. The molecular weight excluding hydrogens is 422 g/mol. The van der Waals surface area contributed by atoms with E-state index in [0.717, 1.165) is 34.8 Å². The van der Waals surface area contributed by atoms with Crippen molar-refractivity contribution < 1.29 is 14.3 Å². The van der Waals surface area contributed by atoms with Crippen LogP contribution in [0.25, 0.3) is 16.2 Å². The first-order valence-electron chi connectivity index (χ1n) is 10.7. The molecule has 1 N–H and O–H groups in total. The molecule has 0 aliphatic rings. The van der Waals surface area contributed by atoms with Crippen molar-refractivity contribution in [2.75, 3.05) is 11.9 Å². The number of thiazole rings is 1. The maximum atomic E-state index is 12.6. The van der Waals surface area contributed by atoms with E-state index in [9.17, 15) is 9.59 Å². The monoisotopic (exact) mass is 447 g/mol. The number of nitrogens with zero attached hydrogens (tertiary/aromatic N) is 2. The summed E-state index contributed by atoms with van der Waals surface area (Å²) in [6.45, 7) is 4.47. The number of aromatic nitrogens is 2. The van der Waals surface area contributed by atoms with Gasteiger partial charge >= 0.3 is 5.97 Å². The fraction of sp³-hybridized carbons (Fsp3) is 0.240. The van der Waals surface area contributed by atoms with Crippen LogP contribution in [0.5, 0.6) is 0 Å². The Morgan fingerprint density at radius 2 is 1.81 bits per heavy atom. The summed E-state index contributed by atoms with van der Waals surface area (Å²) in [6, 6.07) is 15.1. The van der Waals surface area contributed by atoms with Gasteiger partial charge in [-0.3, -0.25) is 9.20 Å². The summed E-state index contributed by atoms with van der Waals surface area (Å²) in [6.07, 6.45) is 3.99. The van der Waals surface area contributed by atoms with Crippen LogP contribution in [0.1, 0.15) is 41.9 Å². The van der Waals surface area contributed by atoms with E-state index in [4.69, 9.17) is 9.72 Å². The average molecular weight is 448 g/mol. The normalized spacial score (nSPS) is 10.9. The Kier molecular flexibility index (Phi) is 6.66. The van der Waals surface area contributed by atoms with Crippen molar-refractivity contribution in [3.05, 3.63) is 76.9 Å². The van der Waals surface area contributed by atoms with Gasteiger partial charge < -0.3 is 10.1 Å². The van der Waals surface area contributed by atoms with Crippen LogP contribution in [0.2, 0.25) is 0 Å². The molecule has 4 rings (SSSR count). The van der Waals surface area contributed by atoms with Crippen LogP contribution in [0.4, 0.5) is 5.69 Å². The van der Waals surface area contributed by atoms with E-state index >= 15 is 0 Å². The maximum absolute atomic E-state index is 12.6. The van der Waals surface area contributed by atoms with Gasteiger partial charge in [-0.1, -0.05) is 38.1 Å². The van der Waals surface area contributed by atoms with E-state index in [0.29, 0.717) is 17.9 Å². The molecule has 0 saturated carbocycles. The number of imidazole rings is 1. The van der Waals surface area contributed by atoms with Crippen LogP contribution in [0, 0.1) is 0 Å². The van der Waals surface area contributed by atoms with E-state index in [1.54, 1.807) is 24.3 Å². The number of nitrogens with one attached hydrogen (secondary N) is 1. The second kappa shape index (κ2) is 9.78. The lowest BCUT2D eigenvalue weighted by atomic mass is 10.1. The molecular formula is C25H25N3O3S. The van der Waals surface area contributed by atoms with Crippen molar-refractivity contribution in [1.82, 2.24) is 9.38 Å². The van der Waals surface area contributed by atoms with Crippen LogP contribution in [-0.2, 0) is 22.4 Å². The number of rotatable bonds is 8. The lowest BCUT2D eigenvalue weighted by molar-refractivity contribution is -0.115. The zero-order valence-corrected chi connectivity index (χ0v) is 18.9. The van der Waals surface area contributed by atoms with Gasteiger partial charge in [-0.2, -0.15) is 0 Å². The third-order valence-electron chi connectivity index (χ3n) is 5.12. The van der Waals surface area contributed by atoms with Gasteiger partial charge in [0.15, 0.2) is 4.96 Å². The highest BCUT2D eigenvalue weighted by Gasteiger charge is 2.13. The number of anilines is 1. The Balaban J connectivity index is 1.42. The predicted octanol–water partition coefficient (Wildman–Crippen LogP) is 5.37. The number of fused-ring (bicyclic) bond motifs is 1. The molecule has 0 radical (unpaired) electrons. The van der Waals surface area contributed by atoms with Crippen molar-refractivity contribution in [2.45, 2.75) is 33.1 Å². The molecule has 7 heteroatoms. The predicted molar refractivity (Wildman–Crippen MR) is 127 cm³/mol. The van der Waals surface area contributed by atoms with Crippen molar-refractivity contribution in [3.63, 3.8) is 0 Å². The van der Waals surface area contributed by atoms with Gasteiger partial charge in [0.25, 0.3) is 0 Å². The smallest absolute Gasteiger partial charge is 0.338 e. The number of esters is 1. The van der Waals surface area contributed by atoms with Gasteiger partial charge in [-0.05, 0) is 42.7 Å². The van der Waals surface area contributed by atoms with Crippen LogP contribution < -0.4 is 5.32 Å². The highest BCUT2D eigenvalue weighted by molar-refractivity contribution is 7.15. The highest BCUT2D eigenvalue weighted by Crippen LogP contribution is 2.24. The summed E-state index contributed by atoms with van der Waals surface area (Å²) >= 11 is 1.52. The lowest BCUT2D eigenvalue weighted by Crippen LogP contribution is -2.15. The molecule has 2 heterocycles. The van der Waals surface area contributed by atoms with Gasteiger partial charge in [0.1, 0.15) is 0 Å². The molecule has 0 atom stereocenters. The number of ether oxygens (including phenoxy) is 1. The molecule has 1 amide bonds. The van der Waals surface area contributed by atoms with Gasteiger partial charge in [0.2, 0.25) is 5.91 Å². The number of hydrogen-bond acceptors (Lipinski definition) is 5. The molecule has 0 spiro atoms. The molecule has 0 aliphatic carbocycles. The van der Waals surface area contributed by atoms with Crippen molar-refractivity contribution in [1.29, 1.82) is 0 Å².